The smallest absolute Gasteiger partial charge is 0.225 e. The molecule has 5 rings (SSSR count). The Morgan fingerprint density at radius 2 is 2.06 bits per heavy atom. The lowest BCUT2D eigenvalue weighted by Crippen LogP contribution is -2.35. The molecule has 158 valence electrons. The van der Waals surface area contributed by atoms with Crippen molar-refractivity contribution < 1.29 is 4.79 Å². The molecule has 0 aliphatic heterocycles. The summed E-state index contributed by atoms with van der Waals surface area (Å²) < 4.78 is 2.50. The normalized spacial score (nSPS) is 21.1. The Balaban J connectivity index is 1.48. The van der Waals surface area contributed by atoms with Gasteiger partial charge in [0.05, 0.1) is 22.1 Å². The van der Waals surface area contributed by atoms with Gasteiger partial charge >= 0.3 is 0 Å². The first-order chi connectivity index (χ1) is 15.0. The molecule has 1 N–H and O–H groups in total. The minimum atomic E-state index is -0.305. The van der Waals surface area contributed by atoms with Crippen molar-refractivity contribution in [1.82, 2.24) is 35.0 Å². The van der Waals surface area contributed by atoms with E-state index in [1.54, 1.807) is 19.4 Å². The third kappa shape index (κ3) is 3.56. The van der Waals surface area contributed by atoms with Crippen LogP contribution in [0.2, 0.25) is 0 Å². The predicted octanol–water partition coefficient (Wildman–Crippen LogP) is 3.62. The number of hydrogen-bond donors (Lipinski definition) is 1. The van der Waals surface area contributed by atoms with E-state index in [2.05, 4.69) is 41.3 Å². The lowest BCUT2D eigenvalue weighted by atomic mass is 9.86. The van der Waals surface area contributed by atoms with E-state index in [1.165, 1.54) is 0 Å². The molecule has 1 amide bonds. The van der Waals surface area contributed by atoms with Crippen molar-refractivity contribution in [3.05, 3.63) is 47.2 Å². The largest absolute Gasteiger partial charge is 0.359 e. The Morgan fingerprint density at radius 1 is 1.26 bits per heavy atom. The number of carbonyl (C=O) groups is 1. The zero-order chi connectivity index (χ0) is 21.6. The van der Waals surface area contributed by atoms with Crippen molar-refractivity contribution in [3.8, 4) is 5.69 Å². The predicted molar refractivity (Wildman–Crippen MR) is 121 cm³/mol. The van der Waals surface area contributed by atoms with E-state index in [1.807, 2.05) is 36.0 Å². The highest BCUT2D eigenvalue weighted by molar-refractivity contribution is 9.10. The second kappa shape index (κ2) is 7.64. The number of rotatable bonds is 4. The fraction of sp³-hybridized carbons (Fsp3) is 0.364. The molecule has 1 aliphatic carbocycles. The summed E-state index contributed by atoms with van der Waals surface area (Å²) in [7, 11) is 1.70. The average Bonchev–Trinajstić information content (AvgIpc) is 3.33. The standard InChI is InChI=1S/C22H22BrN7O/c1-22(21(31)24-2)6-5-13(11-22)9-18-27-12-15-19(23)29-30(20(15)28-18)14-3-4-16-17(10-14)26-8-7-25-16/h3-4,7-8,10,12-13H,5-6,9,11H2,1-2H3,(H,24,31)/t13-,22-/m0/s1. The van der Waals surface area contributed by atoms with E-state index in [-0.39, 0.29) is 11.3 Å². The van der Waals surface area contributed by atoms with Gasteiger partial charge in [0, 0.05) is 37.5 Å². The molecule has 31 heavy (non-hydrogen) atoms. The van der Waals surface area contributed by atoms with Crippen LogP contribution in [0.5, 0.6) is 0 Å². The van der Waals surface area contributed by atoms with Crippen LogP contribution >= 0.6 is 15.9 Å². The van der Waals surface area contributed by atoms with E-state index < -0.39 is 0 Å². The topological polar surface area (TPSA) is 98.5 Å². The third-order valence-corrected chi connectivity index (χ3v) is 6.80. The number of carbonyl (C=O) groups excluding carboxylic acids is 1. The molecular weight excluding hydrogens is 458 g/mol. The first-order valence-electron chi connectivity index (χ1n) is 10.3. The van der Waals surface area contributed by atoms with Crippen molar-refractivity contribution in [2.75, 3.05) is 7.05 Å². The van der Waals surface area contributed by atoms with Crippen LogP contribution in [0, 0.1) is 11.3 Å². The van der Waals surface area contributed by atoms with Gasteiger partial charge in [-0.2, -0.15) is 5.10 Å². The number of nitrogens with one attached hydrogen (secondary N) is 1. The van der Waals surface area contributed by atoms with E-state index in [0.717, 1.165) is 59.3 Å². The fourth-order valence-electron chi connectivity index (χ4n) is 4.57. The summed E-state index contributed by atoms with van der Waals surface area (Å²) >= 11 is 3.53. The summed E-state index contributed by atoms with van der Waals surface area (Å²) in [5.41, 5.74) is 2.93. The van der Waals surface area contributed by atoms with E-state index in [0.29, 0.717) is 10.5 Å². The van der Waals surface area contributed by atoms with Crippen molar-refractivity contribution in [2.24, 2.45) is 11.3 Å². The molecule has 1 aliphatic rings. The van der Waals surface area contributed by atoms with Crippen LogP contribution in [0.25, 0.3) is 27.8 Å². The number of benzene rings is 1. The van der Waals surface area contributed by atoms with Crippen LogP contribution in [-0.4, -0.2) is 42.7 Å². The van der Waals surface area contributed by atoms with Crippen molar-refractivity contribution in [2.45, 2.75) is 32.6 Å². The summed E-state index contributed by atoms with van der Waals surface area (Å²) in [5.74, 6) is 1.27. The van der Waals surface area contributed by atoms with Gasteiger partial charge in [-0.3, -0.25) is 14.8 Å². The second-order valence-corrected chi connectivity index (χ2v) is 9.16. The molecule has 1 saturated carbocycles. The molecule has 3 aromatic heterocycles. The highest BCUT2D eigenvalue weighted by Crippen LogP contribution is 2.42. The van der Waals surface area contributed by atoms with Gasteiger partial charge in [0.15, 0.2) is 5.65 Å². The molecule has 1 fully saturated rings. The van der Waals surface area contributed by atoms with Gasteiger partial charge in [-0.1, -0.05) is 6.92 Å². The first kappa shape index (κ1) is 20.0. The molecule has 1 aromatic carbocycles. The molecule has 0 radical (unpaired) electrons. The SMILES string of the molecule is CNC(=O)[C@@]1(C)CC[C@@H](Cc2ncc3c(Br)nn(-c4ccc5nccnc5c4)c3n2)C1. The lowest BCUT2D eigenvalue weighted by Gasteiger charge is -2.21. The maximum Gasteiger partial charge on any atom is 0.225 e. The van der Waals surface area contributed by atoms with Crippen LogP contribution in [-0.2, 0) is 11.2 Å². The Morgan fingerprint density at radius 3 is 2.87 bits per heavy atom. The zero-order valence-electron chi connectivity index (χ0n) is 17.3. The van der Waals surface area contributed by atoms with E-state index >= 15 is 0 Å². The first-order valence-corrected chi connectivity index (χ1v) is 11.1. The van der Waals surface area contributed by atoms with Gasteiger partial charge in [-0.15, -0.1) is 0 Å². The number of halogens is 1. The second-order valence-electron chi connectivity index (χ2n) is 8.41. The molecule has 4 aromatic rings. The van der Waals surface area contributed by atoms with Gasteiger partial charge in [0.25, 0.3) is 0 Å². The van der Waals surface area contributed by atoms with Gasteiger partial charge in [-0.25, -0.2) is 14.6 Å². The Hall–Kier alpha value is -2.94. The molecule has 2 atom stereocenters. The molecule has 0 saturated heterocycles. The summed E-state index contributed by atoms with van der Waals surface area (Å²) in [6.45, 7) is 2.05. The maximum atomic E-state index is 12.2. The van der Waals surface area contributed by atoms with Crippen molar-refractivity contribution in [1.29, 1.82) is 0 Å². The van der Waals surface area contributed by atoms with Crippen molar-refractivity contribution >= 4 is 43.9 Å². The van der Waals surface area contributed by atoms with Crippen molar-refractivity contribution in [3.63, 3.8) is 0 Å². The number of amides is 1. The Bertz CT molecular complexity index is 1300. The van der Waals surface area contributed by atoms with Gasteiger partial charge in [0.1, 0.15) is 10.4 Å². The summed E-state index contributed by atoms with van der Waals surface area (Å²) in [6.07, 6.45) is 8.66. The fourth-order valence-corrected chi connectivity index (χ4v) is 5.01. The molecule has 9 heteroatoms. The number of hydrogen-bond acceptors (Lipinski definition) is 6. The number of nitrogens with zero attached hydrogens (tertiary/aromatic N) is 6. The minimum absolute atomic E-state index is 0.118. The monoisotopic (exact) mass is 479 g/mol. The van der Waals surface area contributed by atoms with Crippen LogP contribution in [0.4, 0.5) is 0 Å². The lowest BCUT2D eigenvalue weighted by molar-refractivity contribution is -0.129. The molecule has 8 nitrogen and oxygen atoms in total. The Labute approximate surface area is 187 Å². The summed E-state index contributed by atoms with van der Waals surface area (Å²) in [4.78, 5) is 30.4. The number of aromatic nitrogens is 6. The van der Waals surface area contributed by atoms with Crippen LogP contribution in [0.1, 0.15) is 32.0 Å². The zero-order valence-corrected chi connectivity index (χ0v) is 18.9. The Kier molecular flexibility index (Phi) is 4.92. The molecule has 0 spiro atoms. The maximum absolute atomic E-state index is 12.2. The molecule has 3 heterocycles. The van der Waals surface area contributed by atoms with E-state index in [4.69, 9.17) is 4.98 Å². The quantitative estimate of drug-likeness (QED) is 0.479. The van der Waals surface area contributed by atoms with Gasteiger partial charge in [-0.05, 0) is 59.3 Å². The average molecular weight is 480 g/mol. The van der Waals surface area contributed by atoms with Gasteiger partial charge in [0.2, 0.25) is 5.91 Å². The molecule has 0 unspecified atom stereocenters. The third-order valence-electron chi connectivity index (χ3n) is 6.22. The summed E-state index contributed by atoms with van der Waals surface area (Å²) in [6, 6.07) is 5.84. The minimum Gasteiger partial charge on any atom is -0.359 e. The highest BCUT2D eigenvalue weighted by Gasteiger charge is 2.40. The van der Waals surface area contributed by atoms with Crippen LogP contribution < -0.4 is 5.32 Å². The van der Waals surface area contributed by atoms with Crippen LogP contribution in [0.3, 0.4) is 0 Å². The molecular formula is C22H22BrN7O. The number of fused-ring (bicyclic) bond motifs is 2. The molecule has 0 bridgehead atoms. The van der Waals surface area contributed by atoms with Gasteiger partial charge < -0.3 is 5.32 Å². The van der Waals surface area contributed by atoms with Crippen LogP contribution in [0.15, 0.2) is 41.4 Å². The highest BCUT2D eigenvalue weighted by atomic mass is 79.9. The van der Waals surface area contributed by atoms with E-state index in [9.17, 15) is 4.79 Å². The summed E-state index contributed by atoms with van der Waals surface area (Å²) in [5, 5.41) is 8.28.